The first kappa shape index (κ1) is 18.7. The van der Waals surface area contributed by atoms with Crippen LogP contribution in [-0.2, 0) is 11.2 Å². The lowest BCUT2D eigenvalue weighted by Crippen LogP contribution is -2.56. The van der Waals surface area contributed by atoms with E-state index >= 15 is 0 Å². The molecule has 3 rings (SSSR count). The van der Waals surface area contributed by atoms with Gasteiger partial charge in [-0.1, -0.05) is 36.8 Å². The fraction of sp³-hybridized carbons (Fsp3) is 0.476. The number of furan rings is 1. The first-order valence-corrected chi connectivity index (χ1v) is 9.25. The van der Waals surface area contributed by atoms with E-state index in [1.807, 2.05) is 50.2 Å². The van der Waals surface area contributed by atoms with E-state index in [1.165, 1.54) is 5.56 Å². The molecule has 1 fully saturated rings. The van der Waals surface area contributed by atoms with Crippen molar-refractivity contribution in [2.75, 3.05) is 13.1 Å². The van der Waals surface area contributed by atoms with Gasteiger partial charge < -0.3 is 19.5 Å². The molecule has 140 valence electrons. The largest absolute Gasteiger partial charge is 0.461 e. The highest BCUT2D eigenvalue weighted by Crippen LogP contribution is 2.27. The van der Waals surface area contributed by atoms with E-state index in [0.29, 0.717) is 32.2 Å². The van der Waals surface area contributed by atoms with Crippen molar-refractivity contribution in [3.63, 3.8) is 0 Å². The molecule has 26 heavy (non-hydrogen) atoms. The van der Waals surface area contributed by atoms with Gasteiger partial charge in [-0.05, 0) is 31.9 Å². The smallest absolute Gasteiger partial charge is 0.223 e. The summed E-state index contributed by atoms with van der Waals surface area (Å²) in [6.07, 6.45) is 0.869. The molecule has 0 saturated carbocycles. The Balaban J connectivity index is 1.55. The molecule has 1 aliphatic rings. The minimum absolute atomic E-state index is 0.0181. The summed E-state index contributed by atoms with van der Waals surface area (Å²) in [5.41, 5.74) is 1.15. The Hall–Kier alpha value is -2.11. The molecule has 2 aromatic rings. The predicted octanol–water partition coefficient (Wildman–Crippen LogP) is 2.92. The molecule has 0 unspecified atom stereocenters. The summed E-state index contributed by atoms with van der Waals surface area (Å²) >= 11 is 0. The van der Waals surface area contributed by atoms with E-state index in [2.05, 4.69) is 0 Å². The second kappa shape index (κ2) is 7.64. The number of hydrogen-bond acceptors (Lipinski definition) is 4. The summed E-state index contributed by atoms with van der Waals surface area (Å²) < 4.78 is 5.86. The van der Waals surface area contributed by atoms with Gasteiger partial charge in [0.15, 0.2) is 0 Å². The Morgan fingerprint density at radius 3 is 2.65 bits per heavy atom. The lowest BCUT2D eigenvalue weighted by atomic mass is 9.86. The number of carbonyl (C=O) groups excluding carboxylic acids is 1. The number of rotatable bonds is 5. The standard InChI is InChI=1S/C21H27NO4/c1-3-21(25)12-13-22(14-19(21)23)20(24)11-9-17-8-10-18(26-17)16-6-4-15(2)5-7-16/h4-8,10,19,23,25H,3,9,11-14H2,1-2H3/t19-,21-/m1/s1. The van der Waals surface area contributed by atoms with Crippen molar-refractivity contribution in [1.29, 1.82) is 0 Å². The average molecular weight is 357 g/mol. The van der Waals surface area contributed by atoms with E-state index < -0.39 is 11.7 Å². The molecule has 1 aromatic carbocycles. The molecule has 1 saturated heterocycles. The Kier molecular flexibility index (Phi) is 5.49. The van der Waals surface area contributed by atoms with E-state index in [1.54, 1.807) is 4.90 Å². The van der Waals surface area contributed by atoms with Gasteiger partial charge in [0, 0.05) is 31.5 Å². The van der Waals surface area contributed by atoms with Gasteiger partial charge in [-0.2, -0.15) is 0 Å². The number of hydrogen-bond donors (Lipinski definition) is 2. The summed E-state index contributed by atoms with van der Waals surface area (Å²) in [6, 6.07) is 12.0. The molecule has 0 radical (unpaired) electrons. The first-order valence-electron chi connectivity index (χ1n) is 9.25. The quantitative estimate of drug-likeness (QED) is 0.863. The average Bonchev–Trinajstić information content (AvgIpc) is 3.11. The Labute approximate surface area is 154 Å². The first-order chi connectivity index (χ1) is 12.4. The highest BCUT2D eigenvalue weighted by Gasteiger charge is 2.40. The molecule has 5 nitrogen and oxygen atoms in total. The predicted molar refractivity (Wildman–Crippen MR) is 99.6 cm³/mol. The number of carbonyl (C=O) groups is 1. The van der Waals surface area contributed by atoms with Gasteiger partial charge in [0.2, 0.25) is 5.91 Å². The number of β-amino-alcohol motifs (C(OH)–C–C–N with tert-alkyl or cyclic N) is 1. The van der Waals surface area contributed by atoms with E-state index in [-0.39, 0.29) is 12.5 Å². The van der Waals surface area contributed by atoms with Crippen LogP contribution in [0.4, 0.5) is 0 Å². The van der Waals surface area contributed by atoms with E-state index in [0.717, 1.165) is 17.1 Å². The van der Waals surface area contributed by atoms with Crippen molar-refractivity contribution >= 4 is 5.91 Å². The molecule has 0 spiro atoms. The van der Waals surface area contributed by atoms with Crippen LogP contribution in [-0.4, -0.2) is 45.8 Å². The summed E-state index contributed by atoms with van der Waals surface area (Å²) in [6.45, 7) is 4.56. The van der Waals surface area contributed by atoms with Gasteiger partial charge >= 0.3 is 0 Å². The Bertz CT molecular complexity index is 752. The van der Waals surface area contributed by atoms with Gasteiger partial charge in [-0.15, -0.1) is 0 Å². The fourth-order valence-corrected chi connectivity index (χ4v) is 3.38. The summed E-state index contributed by atoms with van der Waals surface area (Å²) in [5.74, 6) is 1.56. The van der Waals surface area contributed by atoms with Crippen LogP contribution in [0.1, 0.15) is 37.5 Å². The van der Waals surface area contributed by atoms with Crippen LogP contribution in [0.3, 0.4) is 0 Å². The van der Waals surface area contributed by atoms with Gasteiger partial charge in [-0.3, -0.25) is 4.79 Å². The van der Waals surface area contributed by atoms with Crippen LogP contribution in [0.2, 0.25) is 0 Å². The number of aliphatic hydroxyl groups excluding tert-OH is 1. The van der Waals surface area contributed by atoms with E-state index in [9.17, 15) is 15.0 Å². The molecular weight excluding hydrogens is 330 g/mol. The number of benzene rings is 1. The molecule has 1 aliphatic heterocycles. The summed E-state index contributed by atoms with van der Waals surface area (Å²) in [7, 11) is 0. The molecule has 2 atom stereocenters. The third-order valence-corrected chi connectivity index (χ3v) is 5.38. The van der Waals surface area contributed by atoms with Gasteiger partial charge in [-0.25, -0.2) is 0 Å². The van der Waals surface area contributed by atoms with Gasteiger partial charge in [0.1, 0.15) is 17.6 Å². The normalized spacial score (nSPS) is 23.2. The van der Waals surface area contributed by atoms with Crippen molar-refractivity contribution in [2.45, 2.75) is 51.2 Å². The highest BCUT2D eigenvalue weighted by molar-refractivity contribution is 5.76. The van der Waals surface area contributed by atoms with Crippen LogP contribution in [0, 0.1) is 6.92 Å². The minimum atomic E-state index is -1.07. The monoisotopic (exact) mass is 357 g/mol. The van der Waals surface area contributed by atoms with Crippen LogP contribution >= 0.6 is 0 Å². The van der Waals surface area contributed by atoms with Crippen LogP contribution in [0.25, 0.3) is 11.3 Å². The van der Waals surface area contributed by atoms with Crippen molar-refractivity contribution in [2.24, 2.45) is 0 Å². The number of piperidine rings is 1. The Morgan fingerprint density at radius 1 is 1.27 bits per heavy atom. The summed E-state index contributed by atoms with van der Waals surface area (Å²) in [5, 5.41) is 20.4. The number of likely N-dealkylation sites (tertiary alicyclic amines) is 1. The van der Waals surface area contributed by atoms with Crippen LogP contribution < -0.4 is 0 Å². The molecule has 2 N–H and O–H groups in total. The van der Waals surface area contributed by atoms with Crippen molar-refractivity contribution in [1.82, 2.24) is 4.90 Å². The summed E-state index contributed by atoms with van der Waals surface area (Å²) in [4.78, 5) is 14.1. The zero-order chi connectivity index (χ0) is 18.7. The topological polar surface area (TPSA) is 73.9 Å². The SMILES string of the molecule is CC[C@@]1(O)CCN(C(=O)CCc2ccc(-c3ccc(C)cc3)o2)C[C@H]1O. The highest BCUT2D eigenvalue weighted by atomic mass is 16.3. The van der Waals surface area contributed by atoms with Crippen molar-refractivity contribution in [3.05, 3.63) is 47.7 Å². The van der Waals surface area contributed by atoms with Gasteiger partial charge in [0.25, 0.3) is 0 Å². The Morgan fingerprint density at radius 2 is 2.00 bits per heavy atom. The number of amides is 1. The molecule has 1 amide bonds. The zero-order valence-electron chi connectivity index (χ0n) is 15.4. The maximum Gasteiger partial charge on any atom is 0.223 e. The maximum absolute atomic E-state index is 12.4. The lowest BCUT2D eigenvalue weighted by Gasteiger charge is -2.41. The molecular formula is C21H27NO4. The second-order valence-electron chi connectivity index (χ2n) is 7.19. The number of aliphatic hydroxyl groups is 2. The van der Waals surface area contributed by atoms with Gasteiger partial charge in [0.05, 0.1) is 5.60 Å². The van der Waals surface area contributed by atoms with Crippen LogP contribution in [0.5, 0.6) is 0 Å². The fourth-order valence-electron chi connectivity index (χ4n) is 3.38. The number of nitrogens with zero attached hydrogens (tertiary/aromatic N) is 1. The molecule has 0 aliphatic carbocycles. The third-order valence-electron chi connectivity index (χ3n) is 5.38. The van der Waals surface area contributed by atoms with Crippen molar-refractivity contribution in [3.8, 4) is 11.3 Å². The zero-order valence-corrected chi connectivity index (χ0v) is 15.4. The second-order valence-corrected chi connectivity index (χ2v) is 7.19. The van der Waals surface area contributed by atoms with Crippen molar-refractivity contribution < 1.29 is 19.4 Å². The molecule has 5 heteroatoms. The third kappa shape index (κ3) is 4.00. The minimum Gasteiger partial charge on any atom is -0.461 e. The molecule has 0 bridgehead atoms. The molecule has 2 heterocycles. The van der Waals surface area contributed by atoms with Crippen LogP contribution in [0.15, 0.2) is 40.8 Å². The van der Waals surface area contributed by atoms with E-state index in [4.69, 9.17) is 4.42 Å². The molecule has 1 aromatic heterocycles. The maximum atomic E-state index is 12.4. The lowest BCUT2D eigenvalue weighted by molar-refractivity contribution is -0.149. The number of aryl methyl sites for hydroxylation is 2.